The highest BCUT2D eigenvalue weighted by molar-refractivity contribution is 14.1. The van der Waals surface area contributed by atoms with Gasteiger partial charge in [-0.25, -0.2) is 4.79 Å². The van der Waals surface area contributed by atoms with Gasteiger partial charge in [-0.15, -0.1) is 0 Å². The molecule has 1 amide bonds. The molecule has 0 bridgehead atoms. The molecule has 0 fully saturated rings. The lowest BCUT2D eigenvalue weighted by Gasteiger charge is -2.18. The van der Waals surface area contributed by atoms with Crippen LogP contribution in [0, 0.1) is 3.57 Å². The summed E-state index contributed by atoms with van der Waals surface area (Å²) in [6, 6.07) is 14.4. The Morgan fingerprint density at radius 3 is 2.26 bits per heavy atom. The minimum Gasteiger partial charge on any atom is -0.480 e. The average Bonchev–Trinajstić information content (AvgIpc) is 2.56. The molecule has 6 heteroatoms. The van der Waals surface area contributed by atoms with Crippen molar-refractivity contribution >= 4 is 34.5 Å². The molecule has 23 heavy (non-hydrogen) atoms. The molecular weight excluding hydrogens is 407 g/mol. The van der Waals surface area contributed by atoms with Crippen LogP contribution < -0.4 is 11.1 Å². The lowest BCUT2D eigenvalue weighted by molar-refractivity contribution is -0.142. The summed E-state index contributed by atoms with van der Waals surface area (Å²) in [5, 5.41) is 11.8. The Kier molecular flexibility index (Phi) is 6.12. The molecule has 2 rings (SSSR count). The van der Waals surface area contributed by atoms with Crippen LogP contribution in [0.4, 0.5) is 0 Å². The first-order valence-corrected chi connectivity index (χ1v) is 8.13. The van der Waals surface area contributed by atoms with E-state index in [-0.39, 0.29) is 6.42 Å². The fourth-order valence-corrected chi connectivity index (χ4v) is 2.49. The van der Waals surface area contributed by atoms with Crippen LogP contribution >= 0.6 is 22.6 Å². The van der Waals surface area contributed by atoms with E-state index in [1.54, 1.807) is 24.3 Å². The van der Waals surface area contributed by atoms with E-state index in [0.717, 1.165) is 9.13 Å². The number of rotatable bonds is 6. The zero-order valence-electron chi connectivity index (χ0n) is 12.3. The van der Waals surface area contributed by atoms with Crippen LogP contribution in [0.3, 0.4) is 0 Å². The van der Waals surface area contributed by atoms with E-state index in [9.17, 15) is 14.7 Å². The van der Waals surface area contributed by atoms with Gasteiger partial charge in [0.2, 0.25) is 5.91 Å². The Labute approximate surface area is 148 Å². The van der Waals surface area contributed by atoms with Crippen LogP contribution in [-0.2, 0) is 16.0 Å². The van der Waals surface area contributed by atoms with Gasteiger partial charge in [-0.1, -0.05) is 42.5 Å². The van der Waals surface area contributed by atoms with E-state index >= 15 is 0 Å². The number of benzene rings is 2. The number of carbonyl (C=O) groups is 2. The maximum Gasteiger partial charge on any atom is 0.326 e. The Bertz CT molecular complexity index is 674. The number of nitrogens with one attached hydrogen (secondary N) is 1. The van der Waals surface area contributed by atoms with E-state index in [2.05, 4.69) is 27.9 Å². The molecule has 0 saturated carbocycles. The second-order valence-corrected chi connectivity index (χ2v) is 6.36. The number of amides is 1. The summed E-state index contributed by atoms with van der Waals surface area (Å²) in [5.74, 6) is -1.59. The van der Waals surface area contributed by atoms with Crippen molar-refractivity contribution in [3.05, 3.63) is 69.3 Å². The van der Waals surface area contributed by atoms with Crippen molar-refractivity contribution in [2.75, 3.05) is 0 Å². The zero-order valence-corrected chi connectivity index (χ0v) is 14.4. The second kappa shape index (κ2) is 8.07. The number of hydrogen-bond acceptors (Lipinski definition) is 3. The van der Waals surface area contributed by atoms with Crippen molar-refractivity contribution < 1.29 is 14.7 Å². The van der Waals surface area contributed by atoms with Gasteiger partial charge in [0.05, 0.1) is 0 Å². The number of carboxylic acids is 1. The van der Waals surface area contributed by atoms with Crippen molar-refractivity contribution in [1.29, 1.82) is 0 Å². The Balaban J connectivity index is 2.05. The highest BCUT2D eigenvalue weighted by atomic mass is 127. The molecule has 5 nitrogen and oxygen atoms in total. The molecule has 0 radical (unpaired) electrons. The van der Waals surface area contributed by atoms with E-state index in [1.165, 1.54) is 0 Å². The normalized spacial score (nSPS) is 13.1. The van der Waals surface area contributed by atoms with Gasteiger partial charge >= 0.3 is 5.97 Å². The van der Waals surface area contributed by atoms with Crippen LogP contribution in [-0.4, -0.2) is 23.0 Å². The number of hydrogen-bond donors (Lipinski definition) is 3. The molecule has 0 aliphatic carbocycles. The fraction of sp³-hybridized carbons (Fsp3) is 0.176. The van der Waals surface area contributed by atoms with Gasteiger partial charge in [0, 0.05) is 9.99 Å². The third-order valence-corrected chi connectivity index (χ3v) is 4.13. The lowest BCUT2D eigenvalue weighted by atomic mass is 10.0. The average molecular weight is 424 g/mol. The molecule has 0 saturated heterocycles. The van der Waals surface area contributed by atoms with Gasteiger partial charge < -0.3 is 16.2 Å². The quantitative estimate of drug-likeness (QED) is 0.620. The highest BCUT2D eigenvalue weighted by Crippen LogP contribution is 2.12. The molecule has 0 spiro atoms. The maximum atomic E-state index is 12.2. The van der Waals surface area contributed by atoms with Gasteiger partial charge in [0.15, 0.2) is 0 Å². The molecule has 120 valence electrons. The Morgan fingerprint density at radius 2 is 1.70 bits per heavy atom. The van der Waals surface area contributed by atoms with E-state index in [4.69, 9.17) is 5.73 Å². The van der Waals surface area contributed by atoms with Crippen molar-refractivity contribution in [2.24, 2.45) is 5.73 Å². The fourth-order valence-electron chi connectivity index (χ4n) is 2.13. The highest BCUT2D eigenvalue weighted by Gasteiger charge is 2.24. The second-order valence-electron chi connectivity index (χ2n) is 5.12. The Morgan fingerprint density at radius 1 is 1.09 bits per heavy atom. The van der Waals surface area contributed by atoms with Crippen molar-refractivity contribution in [2.45, 2.75) is 18.5 Å². The summed E-state index contributed by atoms with van der Waals surface area (Å²) in [4.78, 5) is 23.6. The van der Waals surface area contributed by atoms with Crippen LogP contribution in [0.15, 0.2) is 54.6 Å². The molecule has 1 unspecified atom stereocenters. The molecule has 2 aromatic rings. The number of nitrogens with two attached hydrogens (primary N) is 1. The predicted molar refractivity (Wildman–Crippen MR) is 95.8 cm³/mol. The summed E-state index contributed by atoms with van der Waals surface area (Å²) in [5.41, 5.74) is 7.38. The zero-order chi connectivity index (χ0) is 16.8. The maximum absolute atomic E-state index is 12.2. The molecule has 2 atom stereocenters. The number of carbonyl (C=O) groups excluding carboxylic acids is 1. The third kappa shape index (κ3) is 5.04. The topological polar surface area (TPSA) is 92.4 Å². The molecule has 2 aromatic carbocycles. The monoisotopic (exact) mass is 424 g/mol. The van der Waals surface area contributed by atoms with Crippen LogP contribution in [0.5, 0.6) is 0 Å². The summed E-state index contributed by atoms with van der Waals surface area (Å²) < 4.78 is 1.06. The summed E-state index contributed by atoms with van der Waals surface area (Å²) in [6.07, 6.45) is 0.208. The third-order valence-electron chi connectivity index (χ3n) is 3.41. The Hall–Kier alpha value is -1.93. The first kappa shape index (κ1) is 17.4. The summed E-state index contributed by atoms with van der Waals surface area (Å²) in [6.45, 7) is 0. The summed E-state index contributed by atoms with van der Waals surface area (Å²) in [7, 11) is 0. The van der Waals surface area contributed by atoms with Crippen molar-refractivity contribution in [3.63, 3.8) is 0 Å². The minimum absolute atomic E-state index is 0.208. The molecular formula is C17H17IN2O3. The van der Waals surface area contributed by atoms with Gasteiger partial charge in [-0.2, -0.15) is 0 Å². The van der Waals surface area contributed by atoms with E-state index in [0.29, 0.717) is 5.56 Å². The molecule has 0 aromatic heterocycles. The molecule has 0 aliphatic rings. The van der Waals surface area contributed by atoms with Gasteiger partial charge in [0.1, 0.15) is 12.1 Å². The molecule has 0 heterocycles. The molecule has 4 N–H and O–H groups in total. The lowest BCUT2D eigenvalue weighted by Crippen LogP contribution is -2.46. The molecule has 0 aliphatic heterocycles. The predicted octanol–water partition coefficient (Wildman–Crippen LogP) is 2.10. The first-order valence-electron chi connectivity index (χ1n) is 7.05. The van der Waals surface area contributed by atoms with Gasteiger partial charge in [-0.3, -0.25) is 4.79 Å². The van der Waals surface area contributed by atoms with Crippen LogP contribution in [0.25, 0.3) is 0 Å². The van der Waals surface area contributed by atoms with Crippen LogP contribution in [0.2, 0.25) is 0 Å². The first-order chi connectivity index (χ1) is 11.0. The van der Waals surface area contributed by atoms with E-state index in [1.807, 2.05) is 30.3 Å². The minimum atomic E-state index is -1.09. The number of carboxylic acid groups (broad SMARTS) is 1. The standard InChI is InChI=1S/C17H17IN2O3/c18-13-8-6-11(7-9-13)10-14(17(22)23)20-16(21)15(19)12-4-2-1-3-5-12/h1-9,14-15H,10,19H2,(H,20,21)(H,22,23)/t14-,15?/m0/s1. The van der Waals surface area contributed by atoms with Gasteiger partial charge in [0.25, 0.3) is 0 Å². The van der Waals surface area contributed by atoms with Crippen molar-refractivity contribution in [3.8, 4) is 0 Å². The van der Waals surface area contributed by atoms with Crippen LogP contribution in [0.1, 0.15) is 17.2 Å². The smallest absolute Gasteiger partial charge is 0.326 e. The largest absolute Gasteiger partial charge is 0.480 e. The summed E-state index contributed by atoms with van der Waals surface area (Å²) >= 11 is 2.18. The van der Waals surface area contributed by atoms with E-state index < -0.39 is 24.0 Å². The van der Waals surface area contributed by atoms with Gasteiger partial charge in [-0.05, 0) is 45.9 Å². The SMILES string of the molecule is NC(C(=O)N[C@@H](Cc1ccc(I)cc1)C(=O)O)c1ccccc1. The number of aliphatic carboxylic acids is 1. The van der Waals surface area contributed by atoms with Crippen molar-refractivity contribution in [1.82, 2.24) is 5.32 Å². The number of halogens is 1.